The van der Waals surface area contributed by atoms with Crippen LogP contribution in [0, 0.1) is 10.8 Å². The van der Waals surface area contributed by atoms with E-state index in [2.05, 4.69) is 10.6 Å². The van der Waals surface area contributed by atoms with Gasteiger partial charge in [0, 0.05) is 30.7 Å². The number of benzene rings is 2. The van der Waals surface area contributed by atoms with Gasteiger partial charge in [-0.25, -0.2) is 0 Å². The third-order valence-corrected chi connectivity index (χ3v) is 7.30. The van der Waals surface area contributed by atoms with Crippen LogP contribution in [0.15, 0.2) is 48.5 Å². The lowest BCUT2D eigenvalue weighted by molar-refractivity contribution is -0.145. The second-order valence-corrected chi connectivity index (χ2v) is 14.0. The predicted octanol–water partition coefficient (Wildman–Crippen LogP) is 4.99. The van der Waals surface area contributed by atoms with E-state index in [-0.39, 0.29) is 53.4 Å². The number of nitrogens with one attached hydrogen (secondary N) is 2. The van der Waals surface area contributed by atoms with Crippen molar-refractivity contribution >= 4 is 40.7 Å². The zero-order valence-electron chi connectivity index (χ0n) is 27.6. The van der Waals surface area contributed by atoms with E-state index in [9.17, 15) is 24.3 Å². The van der Waals surface area contributed by atoms with Crippen LogP contribution in [0.5, 0.6) is 11.5 Å². The van der Waals surface area contributed by atoms with Crippen LogP contribution in [0.1, 0.15) is 90.3 Å². The number of rotatable bonds is 10. The van der Waals surface area contributed by atoms with E-state index in [1.54, 1.807) is 76.8 Å². The molecule has 3 N–H and O–H groups in total. The van der Waals surface area contributed by atoms with E-state index in [1.807, 2.05) is 19.9 Å². The topological polar surface area (TPSA) is 134 Å². The Morgan fingerprint density at radius 2 is 1.47 bits per heavy atom. The molecular weight excluding hydrogens is 642 g/mol. The Morgan fingerprint density at radius 1 is 0.889 bits per heavy atom. The summed E-state index contributed by atoms with van der Waals surface area (Å²) in [5.74, 6) is -1.26. The van der Waals surface area contributed by atoms with Crippen molar-refractivity contribution in [2.24, 2.45) is 10.8 Å². The van der Waals surface area contributed by atoms with Crippen molar-refractivity contribution in [3.8, 4) is 11.5 Å². The molecular formula is C34H48BrN3O7. The summed E-state index contributed by atoms with van der Waals surface area (Å²) in [6.45, 7) is 15.0. The number of esters is 2. The first kappa shape index (κ1) is 37.9. The third kappa shape index (κ3) is 10.6. The molecule has 1 heterocycles. The van der Waals surface area contributed by atoms with Crippen molar-refractivity contribution < 1.29 is 33.8 Å². The van der Waals surface area contributed by atoms with Crippen LogP contribution in [0.2, 0.25) is 0 Å². The second-order valence-electron chi connectivity index (χ2n) is 14.0. The van der Waals surface area contributed by atoms with Gasteiger partial charge >= 0.3 is 11.9 Å². The fourth-order valence-corrected chi connectivity index (χ4v) is 4.41. The van der Waals surface area contributed by atoms with Crippen LogP contribution >= 0.6 is 17.0 Å². The van der Waals surface area contributed by atoms with Gasteiger partial charge in [-0.2, -0.15) is 0 Å². The fraction of sp³-hybridized carbons (Fsp3) is 0.529. The number of aliphatic hydroxyl groups excluding tert-OH is 1. The fourth-order valence-electron chi connectivity index (χ4n) is 4.41. The first-order valence-electron chi connectivity index (χ1n) is 15.0. The molecule has 1 fully saturated rings. The highest BCUT2D eigenvalue weighted by Crippen LogP contribution is 2.34. The molecule has 0 bridgehead atoms. The predicted molar refractivity (Wildman–Crippen MR) is 177 cm³/mol. The summed E-state index contributed by atoms with van der Waals surface area (Å²) >= 11 is 0. The number of hydrogen-bond donors (Lipinski definition) is 3. The van der Waals surface area contributed by atoms with Gasteiger partial charge in [0.2, 0.25) is 5.91 Å². The van der Waals surface area contributed by atoms with Crippen LogP contribution in [-0.4, -0.2) is 65.0 Å². The van der Waals surface area contributed by atoms with Crippen LogP contribution in [-0.2, 0) is 14.4 Å². The molecule has 3 rings (SSSR count). The van der Waals surface area contributed by atoms with E-state index in [0.29, 0.717) is 24.1 Å². The molecule has 10 nitrogen and oxygen atoms in total. The van der Waals surface area contributed by atoms with Gasteiger partial charge in [0.1, 0.15) is 6.04 Å². The van der Waals surface area contributed by atoms with Crippen LogP contribution in [0.4, 0.5) is 0 Å². The maximum absolute atomic E-state index is 13.1. The highest BCUT2D eigenvalue weighted by molar-refractivity contribution is 8.93. The number of aliphatic hydroxyl groups is 1. The highest BCUT2D eigenvalue weighted by atomic mass is 79.9. The minimum absolute atomic E-state index is 0. The maximum atomic E-state index is 13.1. The normalized spacial score (nSPS) is 15.9. The van der Waals surface area contributed by atoms with Gasteiger partial charge in [0.25, 0.3) is 5.91 Å². The van der Waals surface area contributed by atoms with Crippen LogP contribution < -0.4 is 20.1 Å². The Balaban J connectivity index is 0.00000705. The zero-order chi connectivity index (χ0) is 32.9. The third-order valence-electron chi connectivity index (χ3n) is 7.30. The van der Waals surface area contributed by atoms with Gasteiger partial charge in [-0.3, -0.25) is 19.2 Å². The Kier molecular flexibility index (Phi) is 12.9. The van der Waals surface area contributed by atoms with E-state index in [1.165, 1.54) is 12.1 Å². The largest absolute Gasteiger partial charge is 0.422 e. The smallest absolute Gasteiger partial charge is 0.316 e. The standard InChI is InChI=1S/C34H47N3O7.BrH/c1-32(2,3)30(41)43-26-17-16-23(19-27(26)44-31(42)33(4,5)6)25(38)20-36-34(7,8)21-35-28(39)24-15-12-18-37(24)29(40)22-13-10-9-11-14-22;/h9-11,13-14,16-17,19,24-25,36,38H,12,15,18,20-21H2,1-8H3,(H,35,39);1H/t24-,25?;/m0./s1. The van der Waals surface area contributed by atoms with Gasteiger partial charge in [0.05, 0.1) is 16.9 Å². The summed E-state index contributed by atoms with van der Waals surface area (Å²) in [7, 11) is 0. The zero-order valence-corrected chi connectivity index (χ0v) is 29.3. The summed E-state index contributed by atoms with van der Waals surface area (Å²) in [4.78, 5) is 52.9. The Labute approximate surface area is 277 Å². The molecule has 1 unspecified atom stereocenters. The van der Waals surface area contributed by atoms with Gasteiger partial charge in [-0.15, -0.1) is 17.0 Å². The molecule has 2 atom stereocenters. The van der Waals surface area contributed by atoms with E-state index in [4.69, 9.17) is 9.47 Å². The molecule has 2 amide bonds. The molecule has 0 saturated carbocycles. The number of nitrogens with zero attached hydrogens (tertiary/aromatic N) is 1. The number of β-amino-alcohol motifs (C(OH)–C–C–N with tert-alkyl or cyclic N) is 1. The SMILES string of the molecule is Br.CC(C)(CNC(=O)[C@@H]1CCCN1C(=O)c1ccccc1)NCC(O)c1ccc(OC(=O)C(C)(C)C)c(OC(=O)C(C)(C)C)c1. The summed E-state index contributed by atoms with van der Waals surface area (Å²) < 4.78 is 11.1. The number of carbonyl (C=O) groups excluding carboxylic acids is 4. The van der Waals surface area contributed by atoms with Crippen LogP contribution in [0.3, 0.4) is 0 Å². The lowest BCUT2D eigenvalue weighted by Crippen LogP contribution is -2.53. The number of likely N-dealkylation sites (tertiary alicyclic amines) is 1. The lowest BCUT2D eigenvalue weighted by Gasteiger charge is -2.30. The molecule has 11 heteroatoms. The van der Waals surface area contributed by atoms with E-state index in [0.717, 1.165) is 6.42 Å². The van der Waals surface area contributed by atoms with Crippen molar-refractivity contribution in [1.29, 1.82) is 0 Å². The molecule has 0 spiro atoms. The van der Waals surface area contributed by atoms with Crippen molar-refractivity contribution in [3.05, 3.63) is 59.7 Å². The minimum atomic E-state index is -1.00. The monoisotopic (exact) mass is 689 g/mol. The molecule has 0 aromatic heterocycles. The average molecular weight is 691 g/mol. The number of halogens is 1. The number of amides is 2. The van der Waals surface area contributed by atoms with E-state index >= 15 is 0 Å². The number of hydrogen-bond acceptors (Lipinski definition) is 8. The van der Waals surface area contributed by atoms with Crippen molar-refractivity contribution in [2.45, 2.75) is 85.9 Å². The quantitative estimate of drug-likeness (QED) is 0.235. The van der Waals surface area contributed by atoms with Gasteiger partial charge in [-0.1, -0.05) is 24.3 Å². The average Bonchev–Trinajstić information content (AvgIpc) is 3.45. The van der Waals surface area contributed by atoms with E-state index < -0.39 is 40.5 Å². The first-order chi connectivity index (χ1) is 20.4. The summed E-state index contributed by atoms with van der Waals surface area (Å²) in [5, 5.41) is 17.3. The molecule has 1 aliphatic heterocycles. The van der Waals surface area contributed by atoms with Gasteiger partial charge in [-0.05, 0) is 98.1 Å². The second kappa shape index (κ2) is 15.3. The molecule has 2 aromatic carbocycles. The minimum Gasteiger partial charge on any atom is -0.422 e. The molecule has 0 aliphatic carbocycles. The maximum Gasteiger partial charge on any atom is 0.316 e. The number of ether oxygens (including phenoxy) is 2. The summed E-state index contributed by atoms with van der Waals surface area (Å²) in [6, 6.07) is 13.0. The number of carbonyl (C=O) groups is 4. The summed E-state index contributed by atoms with van der Waals surface area (Å²) in [6.07, 6.45) is 0.351. The summed E-state index contributed by atoms with van der Waals surface area (Å²) in [5.41, 5.74) is -1.18. The van der Waals surface area contributed by atoms with Crippen molar-refractivity contribution in [2.75, 3.05) is 19.6 Å². The Bertz CT molecular complexity index is 1350. The van der Waals surface area contributed by atoms with Gasteiger partial charge in [0.15, 0.2) is 11.5 Å². The van der Waals surface area contributed by atoms with Gasteiger partial charge < -0.3 is 30.1 Å². The molecule has 0 radical (unpaired) electrons. The molecule has 2 aromatic rings. The molecule has 1 saturated heterocycles. The van der Waals surface area contributed by atoms with Crippen LogP contribution in [0.25, 0.3) is 0 Å². The molecule has 248 valence electrons. The van der Waals surface area contributed by atoms with Crippen molar-refractivity contribution in [1.82, 2.24) is 15.5 Å². The first-order valence-corrected chi connectivity index (χ1v) is 15.0. The highest BCUT2D eigenvalue weighted by Gasteiger charge is 2.35. The Morgan fingerprint density at radius 3 is 2.04 bits per heavy atom. The lowest BCUT2D eigenvalue weighted by atomic mass is 9.97. The Hall–Kier alpha value is -3.28. The molecule has 1 aliphatic rings. The van der Waals surface area contributed by atoms with Crippen molar-refractivity contribution in [3.63, 3.8) is 0 Å². The molecule has 45 heavy (non-hydrogen) atoms.